The second-order valence-corrected chi connectivity index (χ2v) is 9.15. The second kappa shape index (κ2) is 9.59. The summed E-state index contributed by atoms with van der Waals surface area (Å²) in [5.41, 5.74) is 5.29. The van der Waals surface area contributed by atoms with Gasteiger partial charge in [-0.15, -0.1) is 0 Å². The summed E-state index contributed by atoms with van der Waals surface area (Å²) >= 11 is 0. The van der Waals surface area contributed by atoms with E-state index in [1.165, 1.54) is 0 Å². The van der Waals surface area contributed by atoms with Crippen LogP contribution in [0, 0.1) is 11.8 Å². The van der Waals surface area contributed by atoms with Gasteiger partial charge >= 0.3 is 0 Å². The van der Waals surface area contributed by atoms with Gasteiger partial charge < -0.3 is 9.80 Å². The van der Waals surface area contributed by atoms with Crippen LogP contribution in [0.15, 0.2) is 54.7 Å². The number of benzene rings is 1. The van der Waals surface area contributed by atoms with Gasteiger partial charge in [0.25, 0.3) is 0 Å². The number of likely N-dealkylation sites (tertiary alicyclic amines) is 1. The Kier molecular flexibility index (Phi) is 6.39. The zero-order valence-corrected chi connectivity index (χ0v) is 19.1. The molecule has 1 aromatic carbocycles. The Morgan fingerprint density at radius 3 is 2.45 bits per heavy atom. The summed E-state index contributed by atoms with van der Waals surface area (Å²) in [6.45, 7) is 8.22. The lowest BCUT2D eigenvalue weighted by Crippen LogP contribution is -2.59. The maximum Gasteiger partial charge on any atom is 0.247 e. The Morgan fingerprint density at radius 2 is 1.76 bits per heavy atom. The maximum absolute atomic E-state index is 13.7. The zero-order chi connectivity index (χ0) is 22.8. The third-order valence-corrected chi connectivity index (χ3v) is 7.17. The maximum atomic E-state index is 13.7. The van der Waals surface area contributed by atoms with Crippen molar-refractivity contribution in [3.8, 4) is 0 Å². The number of hydrogen-bond donors (Lipinski definition) is 1. The fraction of sp³-hybridized carbons (Fsp3) is 0.480. The summed E-state index contributed by atoms with van der Waals surface area (Å²) in [4.78, 5) is 37.9. The minimum atomic E-state index is -0.233. The summed E-state index contributed by atoms with van der Waals surface area (Å²) in [7, 11) is 0. The van der Waals surface area contributed by atoms with Crippen molar-refractivity contribution in [3.63, 3.8) is 0 Å². The molecule has 174 valence electrons. The van der Waals surface area contributed by atoms with E-state index in [0.29, 0.717) is 26.2 Å². The number of piperazine rings is 1. The van der Waals surface area contributed by atoms with Gasteiger partial charge in [-0.25, -0.2) is 10.4 Å². The molecular formula is C25H32N6O2. The standard InChI is InChI=1S/C25H32N6O2/c1-2-28-17-21(23-22(18-28)25(33)31(27-23)20-9-4-3-5-10-20)24(32)30-14-12-29(13-15-30)16-19-8-6-7-11-26-19/h3-11,21-23,27H,2,12-18H2,1H3. The third kappa shape index (κ3) is 4.51. The number of nitrogens with one attached hydrogen (secondary N) is 1. The summed E-state index contributed by atoms with van der Waals surface area (Å²) in [6.07, 6.45) is 1.82. The monoisotopic (exact) mass is 448 g/mol. The van der Waals surface area contributed by atoms with Crippen molar-refractivity contribution in [3.05, 3.63) is 60.4 Å². The molecule has 33 heavy (non-hydrogen) atoms. The molecule has 3 unspecified atom stereocenters. The molecule has 3 atom stereocenters. The lowest BCUT2D eigenvalue weighted by atomic mass is 9.83. The average Bonchev–Trinajstić information content (AvgIpc) is 3.21. The number of amides is 2. The molecule has 0 radical (unpaired) electrons. The van der Waals surface area contributed by atoms with Gasteiger partial charge in [0, 0.05) is 52.0 Å². The van der Waals surface area contributed by atoms with E-state index >= 15 is 0 Å². The Bertz CT molecular complexity index is 963. The van der Waals surface area contributed by atoms with Crippen LogP contribution < -0.4 is 10.4 Å². The van der Waals surface area contributed by atoms with Crippen LogP contribution >= 0.6 is 0 Å². The number of fused-ring (bicyclic) bond motifs is 1. The van der Waals surface area contributed by atoms with E-state index in [-0.39, 0.29) is 29.7 Å². The van der Waals surface area contributed by atoms with Gasteiger partial charge in [-0.2, -0.15) is 0 Å². The summed E-state index contributed by atoms with van der Waals surface area (Å²) < 4.78 is 0. The lowest BCUT2D eigenvalue weighted by molar-refractivity contribution is -0.141. The Morgan fingerprint density at radius 1 is 1.00 bits per heavy atom. The van der Waals surface area contributed by atoms with E-state index in [1.54, 1.807) is 5.01 Å². The smallest absolute Gasteiger partial charge is 0.247 e. The normalized spacial score (nSPS) is 26.5. The molecule has 0 aliphatic carbocycles. The van der Waals surface area contributed by atoms with Crippen molar-refractivity contribution < 1.29 is 9.59 Å². The van der Waals surface area contributed by atoms with Crippen molar-refractivity contribution in [2.75, 3.05) is 50.8 Å². The third-order valence-electron chi connectivity index (χ3n) is 7.17. The van der Waals surface area contributed by atoms with Crippen molar-refractivity contribution in [2.45, 2.75) is 19.5 Å². The van der Waals surface area contributed by atoms with E-state index in [9.17, 15) is 9.59 Å². The summed E-state index contributed by atoms with van der Waals surface area (Å²) in [6, 6.07) is 15.5. The number of carbonyl (C=O) groups is 2. The van der Waals surface area contributed by atoms with Gasteiger partial charge in [-0.3, -0.25) is 19.5 Å². The van der Waals surface area contributed by atoms with Crippen molar-refractivity contribution in [1.29, 1.82) is 0 Å². The van der Waals surface area contributed by atoms with E-state index in [0.717, 1.165) is 37.6 Å². The number of carbonyl (C=O) groups excluding carboxylic acids is 2. The summed E-state index contributed by atoms with van der Waals surface area (Å²) in [5, 5.41) is 1.65. The van der Waals surface area contributed by atoms with Gasteiger partial charge in [0.05, 0.1) is 29.3 Å². The van der Waals surface area contributed by atoms with Crippen LogP contribution in [-0.2, 0) is 16.1 Å². The van der Waals surface area contributed by atoms with Crippen LogP contribution in [0.1, 0.15) is 12.6 Å². The first kappa shape index (κ1) is 22.0. The predicted molar refractivity (Wildman–Crippen MR) is 126 cm³/mol. The first-order valence-corrected chi connectivity index (χ1v) is 11.9. The topological polar surface area (TPSA) is 72.0 Å². The van der Waals surface area contributed by atoms with Gasteiger partial charge in [0.2, 0.25) is 11.8 Å². The molecule has 0 bridgehead atoms. The molecule has 5 rings (SSSR count). The van der Waals surface area contributed by atoms with Crippen molar-refractivity contribution in [2.24, 2.45) is 11.8 Å². The molecule has 3 saturated heterocycles. The molecule has 3 aliphatic rings. The van der Waals surface area contributed by atoms with Crippen molar-refractivity contribution >= 4 is 17.5 Å². The van der Waals surface area contributed by atoms with E-state index in [1.807, 2.05) is 59.6 Å². The highest BCUT2D eigenvalue weighted by Gasteiger charge is 2.51. The van der Waals surface area contributed by atoms with Gasteiger partial charge in [0.1, 0.15) is 0 Å². The summed E-state index contributed by atoms with van der Waals surface area (Å²) in [5.74, 6) is -0.222. The molecule has 0 spiro atoms. The second-order valence-electron chi connectivity index (χ2n) is 9.15. The van der Waals surface area contributed by atoms with Crippen LogP contribution in [0.3, 0.4) is 0 Å². The molecule has 8 heteroatoms. The lowest BCUT2D eigenvalue weighted by Gasteiger charge is -2.42. The Balaban J connectivity index is 1.26. The van der Waals surface area contributed by atoms with Crippen molar-refractivity contribution in [1.82, 2.24) is 25.1 Å². The Hall–Kier alpha value is -2.81. The van der Waals surface area contributed by atoms with E-state index in [2.05, 4.69) is 27.1 Å². The molecule has 1 aromatic heterocycles. The zero-order valence-electron chi connectivity index (χ0n) is 19.1. The molecule has 1 N–H and O–H groups in total. The molecule has 3 fully saturated rings. The van der Waals surface area contributed by atoms with E-state index in [4.69, 9.17) is 0 Å². The highest BCUT2D eigenvalue weighted by Crippen LogP contribution is 2.32. The fourth-order valence-electron chi connectivity index (χ4n) is 5.28. The minimum absolute atomic E-state index is 0.0577. The number of piperidine rings is 1. The number of aromatic nitrogens is 1. The van der Waals surface area contributed by atoms with E-state index < -0.39 is 0 Å². The molecule has 0 saturated carbocycles. The highest BCUT2D eigenvalue weighted by molar-refractivity contribution is 5.98. The number of hydrazine groups is 1. The highest BCUT2D eigenvalue weighted by atomic mass is 16.2. The number of para-hydroxylation sites is 1. The molecule has 2 aromatic rings. The van der Waals surface area contributed by atoms with Gasteiger partial charge in [-0.1, -0.05) is 31.2 Å². The average molecular weight is 449 g/mol. The quantitative estimate of drug-likeness (QED) is 0.742. The first-order valence-electron chi connectivity index (χ1n) is 11.9. The van der Waals surface area contributed by atoms with Gasteiger partial charge in [-0.05, 0) is 30.8 Å². The molecular weight excluding hydrogens is 416 g/mol. The van der Waals surface area contributed by atoms with Crippen LogP contribution in [0.4, 0.5) is 5.69 Å². The van der Waals surface area contributed by atoms with Crippen LogP contribution in [0.5, 0.6) is 0 Å². The SMILES string of the molecule is CCN1CC(C(=O)N2CCN(Cc3ccccn3)CC2)C2NN(c3ccccc3)C(=O)C2C1. The minimum Gasteiger partial charge on any atom is -0.340 e. The number of pyridine rings is 1. The van der Waals surface area contributed by atoms with Crippen LogP contribution in [-0.4, -0.2) is 83.4 Å². The largest absolute Gasteiger partial charge is 0.340 e. The number of anilines is 1. The number of hydrogen-bond acceptors (Lipinski definition) is 6. The fourth-order valence-corrected chi connectivity index (χ4v) is 5.28. The Labute approximate surface area is 195 Å². The first-order chi connectivity index (χ1) is 16.1. The number of nitrogens with zero attached hydrogens (tertiary/aromatic N) is 5. The van der Waals surface area contributed by atoms with Gasteiger partial charge in [0.15, 0.2) is 0 Å². The van der Waals surface area contributed by atoms with Crippen LogP contribution in [0.25, 0.3) is 0 Å². The predicted octanol–water partition coefficient (Wildman–Crippen LogP) is 1.21. The molecule has 2 amide bonds. The molecule has 4 heterocycles. The number of rotatable bonds is 5. The molecule has 8 nitrogen and oxygen atoms in total. The van der Waals surface area contributed by atoms with Crippen LogP contribution in [0.2, 0.25) is 0 Å². The molecule has 3 aliphatic heterocycles.